The van der Waals surface area contributed by atoms with Crippen LogP contribution in [-0.4, -0.2) is 11.9 Å². The Bertz CT molecular complexity index is 973. The fourth-order valence-electron chi connectivity index (χ4n) is 2.13. The summed E-state index contributed by atoms with van der Waals surface area (Å²) in [7, 11) is 0. The van der Waals surface area contributed by atoms with E-state index >= 15 is 0 Å². The van der Waals surface area contributed by atoms with E-state index in [1.807, 2.05) is 12.1 Å². The zero-order chi connectivity index (χ0) is 19.1. The zero-order valence-corrected chi connectivity index (χ0v) is 15.6. The van der Waals surface area contributed by atoms with Crippen molar-refractivity contribution in [2.45, 2.75) is 0 Å². The normalized spacial score (nSPS) is 10.6. The maximum Gasteiger partial charge on any atom is 0.362 e. The highest BCUT2D eigenvalue weighted by Crippen LogP contribution is 2.20. The predicted octanol–water partition coefficient (Wildman–Crippen LogP) is 5.56. The zero-order valence-electron chi connectivity index (χ0n) is 14.0. The van der Waals surface area contributed by atoms with Gasteiger partial charge in [-0.1, -0.05) is 30.3 Å². The maximum absolute atomic E-state index is 12.1. The summed E-state index contributed by atoms with van der Waals surface area (Å²) in [6.45, 7) is 0. The van der Waals surface area contributed by atoms with E-state index < -0.39 is 11.9 Å². The molecule has 7 heteroatoms. The molecule has 0 atom stereocenters. The topological polar surface area (TPSA) is 80.1 Å². The lowest BCUT2D eigenvalue weighted by Gasteiger charge is -2.06. The summed E-state index contributed by atoms with van der Waals surface area (Å²) in [4.78, 5) is 28.9. The third-order valence-electron chi connectivity index (χ3n) is 3.50. The molecular weight excluding hydrogens is 410 g/mol. The summed E-state index contributed by atoms with van der Waals surface area (Å²) in [5, 5.41) is 7.65. The highest BCUT2D eigenvalue weighted by Gasteiger charge is 2.08. The van der Waals surface area contributed by atoms with Crippen LogP contribution in [0.25, 0.3) is 0 Å². The van der Waals surface area contributed by atoms with E-state index in [0.717, 1.165) is 0 Å². The van der Waals surface area contributed by atoms with E-state index in [1.54, 1.807) is 66.7 Å². The number of amides is 1. The first-order chi connectivity index (χ1) is 13.1. The minimum Gasteiger partial charge on any atom is -0.338 e. The molecule has 3 rings (SSSR count). The molecule has 0 saturated carbocycles. The van der Waals surface area contributed by atoms with Crippen LogP contribution < -0.4 is 5.48 Å². The molecule has 0 aliphatic heterocycles. The van der Waals surface area contributed by atoms with Crippen LogP contribution in [0.2, 0.25) is 0 Å². The molecule has 134 valence electrons. The fraction of sp³-hybridized carbons (Fsp3) is 0. The molecule has 0 aliphatic carbocycles. The summed E-state index contributed by atoms with van der Waals surface area (Å²) >= 11 is 3.31. The number of hydrogen-bond acceptors (Lipinski definition) is 5. The average Bonchev–Trinajstić information content (AvgIpc) is 2.72. The number of anilines is 1. The standard InChI is InChI=1S/C20H14BrN3O3/c21-18-9-5-4-8-17(18)19(25)23-22-15-10-12-16(13-11-15)24-27-20(26)14-6-2-1-3-7-14/h1-13,24H. The van der Waals surface area contributed by atoms with Crippen molar-refractivity contribution in [1.82, 2.24) is 0 Å². The van der Waals surface area contributed by atoms with Crippen LogP contribution in [0.3, 0.4) is 0 Å². The number of benzene rings is 3. The molecule has 0 spiro atoms. The van der Waals surface area contributed by atoms with Gasteiger partial charge in [-0.3, -0.25) is 4.79 Å². The van der Waals surface area contributed by atoms with Crippen molar-refractivity contribution in [3.63, 3.8) is 0 Å². The number of azo groups is 1. The van der Waals surface area contributed by atoms with Gasteiger partial charge in [0.2, 0.25) is 0 Å². The molecule has 3 aromatic rings. The van der Waals surface area contributed by atoms with Crippen LogP contribution in [0.4, 0.5) is 11.4 Å². The molecule has 1 N–H and O–H groups in total. The van der Waals surface area contributed by atoms with Gasteiger partial charge in [0.15, 0.2) is 0 Å². The molecule has 0 fully saturated rings. The van der Waals surface area contributed by atoms with Gasteiger partial charge in [0.1, 0.15) is 0 Å². The summed E-state index contributed by atoms with van der Waals surface area (Å²) in [5.41, 5.74) is 4.52. The number of nitrogens with one attached hydrogen (secondary N) is 1. The molecule has 0 bridgehead atoms. The predicted molar refractivity (Wildman–Crippen MR) is 105 cm³/mol. The molecule has 27 heavy (non-hydrogen) atoms. The molecule has 3 aromatic carbocycles. The molecule has 0 saturated heterocycles. The Morgan fingerprint density at radius 1 is 0.852 bits per heavy atom. The molecule has 0 radical (unpaired) electrons. The number of nitrogens with zero attached hydrogens (tertiary/aromatic N) is 2. The van der Waals surface area contributed by atoms with E-state index in [2.05, 4.69) is 31.6 Å². The van der Waals surface area contributed by atoms with Crippen molar-refractivity contribution in [2.24, 2.45) is 10.2 Å². The van der Waals surface area contributed by atoms with Crippen LogP contribution >= 0.6 is 15.9 Å². The Morgan fingerprint density at radius 2 is 1.52 bits per heavy atom. The van der Waals surface area contributed by atoms with Gasteiger partial charge in [-0.25, -0.2) is 10.3 Å². The second kappa shape index (κ2) is 8.86. The van der Waals surface area contributed by atoms with Crippen LogP contribution in [0.5, 0.6) is 0 Å². The lowest BCUT2D eigenvalue weighted by atomic mass is 10.2. The Balaban J connectivity index is 1.58. The van der Waals surface area contributed by atoms with Crippen molar-refractivity contribution in [3.8, 4) is 0 Å². The van der Waals surface area contributed by atoms with E-state index in [0.29, 0.717) is 27.0 Å². The van der Waals surface area contributed by atoms with Gasteiger partial charge >= 0.3 is 5.97 Å². The van der Waals surface area contributed by atoms with Gasteiger partial charge < -0.3 is 4.84 Å². The van der Waals surface area contributed by atoms with Crippen LogP contribution in [0.15, 0.2) is 93.6 Å². The Morgan fingerprint density at radius 3 is 2.22 bits per heavy atom. The van der Waals surface area contributed by atoms with Crippen molar-refractivity contribution in [1.29, 1.82) is 0 Å². The molecule has 0 unspecified atom stereocenters. The molecule has 6 nitrogen and oxygen atoms in total. The van der Waals surface area contributed by atoms with Crippen molar-refractivity contribution >= 4 is 39.2 Å². The Labute approximate surface area is 164 Å². The van der Waals surface area contributed by atoms with Crippen molar-refractivity contribution < 1.29 is 14.4 Å². The first-order valence-electron chi connectivity index (χ1n) is 7.96. The minimum absolute atomic E-state index is 0.437. The minimum atomic E-state index is -0.488. The number of carbonyl (C=O) groups excluding carboxylic acids is 2. The first kappa shape index (κ1) is 18.5. The Kier molecular flexibility index (Phi) is 6.06. The summed E-state index contributed by atoms with van der Waals surface area (Å²) in [5.74, 6) is -0.931. The third-order valence-corrected chi connectivity index (χ3v) is 4.19. The fourth-order valence-corrected chi connectivity index (χ4v) is 2.58. The van der Waals surface area contributed by atoms with E-state index in [4.69, 9.17) is 4.84 Å². The quantitative estimate of drug-likeness (QED) is 0.430. The van der Waals surface area contributed by atoms with Gasteiger partial charge in [0, 0.05) is 4.47 Å². The molecule has 0 aromatic heterocycles. The smallest absolute Gasteiger partial charge is 0.338 e. The monoisotopic (exact) mass is 423 g/mol. The molecular formula is C20H14BrN3O3. The van der Waals surface area contributed by atoms with Gasteiger partial charge in [-0.2, -0.15) is 0 Å². The number of halogens is 1. The van der Waals surface area contributed by atoms with E-state index in [-0.39, 0.29) is 0 Å². The molecule has 1 amide bonds. The maximum atomic E-state index is 12.1. The van der Waals surface area contributed by atoms with Crippen LogP contribution in [0.1, 0.15) is 20.7 Å². The van der Waals surface area contributed by atoms with E-state index in [1.165, 1.54) is 0 Å². The molecule has 0 heterocycles. The van der Waals surface area contributed by atoms with Crippen LogP contribution in [0, 0.1) is 0 Å². The van der Waals surface area contributed by atoms with Crippen LogP contribution in [-0.2, 0) is 4.84 Å². The van der Waals surface area contributed by atoms with E-state index in [9.17, 15) is 9.59 Å². The average molecular weight is 424 g/mol. The second-order valence-corrected chi connectivity index (χ2v) is 6.24. The summed E-state index contributed by atoms with van der Waals surface area (Å²) < 4.78 is 0.661. The first-order valence-corrected chi connectivity index (χ1v) is 8.76. The highest BCUT2D eigenvalue weighted by molar-refractivity contribution is 9.10. The second-order valence-electron chi connectivity index (χ2n) is 5.39. The molecule has 0 aliphatic rings. The lowest BCUT2D eigenvalue weighted by Crippen LogP contribution is -2.10. The van der Waals surface area contributed by atoms with Gasteiger partial charge in [-0.05, 0) is 64.5 Å². The number of hydrogen-bond donors (Lipinski definition) is 1. The lowest BCUT2D eigenvalue weighted by molar-refractivity contribution is 0.0596. The van der Waals surface area contributed by atoms with Crippen molar-refractivity contribution in [2.75, 3.05) is 5.48 Å². The van der Waals surface area contributed by atoms with Gasteiger partial charge in [-0.15, -0.1) is 10.2 Å². The SMILES string of the molecule is O=C(ONc1ccc(N=NC(=O)c2ccccc2Br)cc1)c1ccccc1. The summed E-state index contributed by atoms with van der Waals surface area (Å²) in [6.07, 6.45) is 0. The number of carbonyl (C=O) groups is 2. The Hall–Kier alpha value is -3.32. The third kappa shape index (κ3) is 5.08. The van der Waals surface area contributed by atoms with Crippen molar-refractivity contribution in [3.05, 3.63) is 94.5 Å². The summed E-state index contributed by atoms with van der Waals surface area (Å²) in [6, 6.07) is 22.3. The number of rotatable bonds is 5. The largest absolute Gasteiger partial charge is 0.362 e. The van der Waals surface area contributed by atoms with Gasteiger partial charge in [0.05, 0.1) is 22.5 Å². The highest BCUT2D eigenvalue weighted by atomic mass is 79.9. The van der Waals surface area contributed by atoms with Gasteiger partial charge in [0.25, 0.3) is 5.91 Å².